The molecule has 2 N–H and O–H groups in total. The minimum absolute atomic E-state index is 0.256. The zero-order chi connectivity index (χ0) is 21.1. The highest BCUT2D eigenvalue weighted by atomic mass is 19.3. The summed E-state index contributed by atoms with van der Waals surface area (Å²) < 4.78 is 31.8. The Hall–Kier alpha value is -2.25. The van der Waals surface area contributed by atoms with Gasteiger partial charge in [-0.3, -0.25) is 4.79 Å². The van der Waals surface area contributed by atoms with Crippen LogP contribution in [0.3, 0.4) is 0 Å². The summed E-state index contributed by atoms with van der Waals surface area (Å²) in [5.74, 6) is -2.50. The summed E-state index contributed by atoms with van der Waals surface area (Å²) in [4.78, 5) is 29.5. The molecule has 4 bridgehead atoms. The van der Waals surface area contributed by atoms with Crippen molar-refractivity contribution in [3.05, 3.63) is 23.9 Å². The largest absolute Gasteiger partial charge is 0.414 e. The number of hydrogen-bond donors (Lipinski definition) is 2. The second-order valence-corrected chi connectivity index (χ2v) is 10.1. The van der Waals surface area contributed by atoms with Gasteiger partial charge in [0.15, 0.2) is 0 Å². The van der Waals surface area contributed by atoms with Crippen molar-refractivity contribution in [1.82, 2.24) is 15.6 Å². The molecule has 30 heavy (non-hydrogen) atoms. The van der Waals surface area contributed by atoms with Crippen LogP contribution in [0, 0.1) is 24.7 Å². The van der Waals surface area contributed by atoms with Crippen molar-refractivity contribution in [1.29, 1.82) is 0 Å². The second kappa shape index (κ2) is 6.62. The highest BCUT2D eigenvalue weighted by Gasteiger charge is 2.60. The smallest absolute Gasteiger partial charge is 0.391 e. The maximum atomic E-state index is 13.2. The third-order valence-corrected chi connectivity index (χ3v) is 7.34. The maximum Gasteiger partial charge on any atom is 0.414 e. The molecule has 1 aromatic rings. The Morgan fingerprint density at radius 3 is 2.27 bits per heavy atom. The van der Waals surface area contributed by atoms with Crippen LogP contribution in [0.15, 0.2) is 18.2 Å². The molecule has 0 aromatic carbocycles. The molecule has 5 fully saturated rings. The number of nitrogens with one attached hydrogen (secondary N) is 2. The monoisotopic (exact) mass is 419 g/mol. The number of aromatic nitrogens is 1. The Kier molecular flexibility index (Phi) is 4.35. The van der Waals surface area contributed by atoms with Crippen molar-refractivity contribution in [2.45, 2.75) is 75.3 Å². The normalized spacial score (nSPS) is 36.1. The van der Waals surface area contributed by atoms with E-state index in [1.54, 1.807) is 12.1 Å². The molecule has 162 valence electrons. The molecule has 0 radical (unpaired) electrons. The molecule has 1 heterocycles. The molecule has 5 aliphatic carbocycles. The molecule has 2 atom stereocenters. The van der Waals surface area contributed by atoms with Crippen molar-refractivity contribution < 1.29 is 23.1 Å². The molecule has 8 heteroatoms. The molecule has 1 aromatic heterocycles. The van der Waals surface area contributed by atoms with E-state index in [1.165, 1.54) is 0 Å². The first-order valence-corrected chi connectivity index (χ1v) is 10.8. The van der Waals surface area contributed by atoms with Gasteiger partial charge in [-0.05, 0) is 63.4 Å². The van der Waals surface area contributed by atoms with Crippen LogP contribution in [0.2, 0.25) is 0 Å². The molecular formula is C22H27F2N3O3. The number of halogens is 2. The average Bonchev–Trinajstić information content (AvgIpc) is 2.57. The van der Waals surface area contributed by atoms with Crippen LogP contribution in [0.5, 0.6) is 5.88 Å². The van der Waals surface area contributed by atoms with Crippen molar-refractivity contribution >= 4 is 12.0 Å². The Labute approximate surface area is 174 Å². The summed E-state index contributed by atoms with van der Waals surface area (Å²) in [5, 5.41) is 6.23. The Morgan fingerprint density at radius 1 is 1.03 bits per heavy atom. The number of hydrogen-bond acceptors (Lipinski definition) is 4. The van der Waals surface area contributed by atoms with Crippen LogP contribution in [-0.2, 0) is 4.79 Å². The minimum Gasteiger partial charge on any atom is -0.391 e. The van der Waals surface area contributed by atoms with E-state index in [0.717, 1.165) is 37.8 Å². The standard InChI is InChI=1S/C22H27F2N3O3/c1-13-3-2-4-17(25-13)30-19(29)27-21-8-14-5-15(9-21)7-20(6-14,12-21)26-18(28)16-10-22(23,24)11-16/h2-4,14-16H,5-12H2,1H3,(H,26,28)(H,27,29). The quantitative estimate of drug-likeness (QED) is 0.779. The summed E-state index contributed by atoms with van der Waals surface area (Å²) in [7, 11) is 0. The molecule has 0 spiro atoms. The minimum atomic E-state index is -2.71. The number of alkyl halides is 2. The van der Waals surface area contributed by atoms with E-state index in [9.17, 15) is 18.4 Å². The van der Waals surface area contributed by atoms with Crippen molar-refractivity contribution in [3.63, 3.8) is 0 Å². The maximum absolute atomic E-state index is 13.2. The number of amides is 2. The highest BCUT2D eigenvalue weighted by molar-refractivity contribution is 5.81. The number of carbonyl (C=O) groups is 2. The lowest BCUT2D eigenvalue weighted by Crippen LogP contribution is -2.70. The van der Waals surface area contributed by atoms with Gasteiger partial charge in [0.1, 0.15) is 0 Å². The van der Waals surface area contributed by atoms with E-state index in [-0.39, 0.29) is 24.6 Å². The van der Waals surface area contributed by atoms with Crippen molar-refractivity contribution in [2.24, 2.45) is 17.8 Å². The molecule has 0 saturated heterocycles. The second-order valence-electron chi connectivity index (χ2n) is 10.1. The Balaban J connectivity index is 1.28. The predicted molar refractivity (Wildman–Crippen MR) is 104 cm³/mol. The zero-order valence-electron chi connectivity index (χ0n) is 17.0. The van der Waals surface area contributed by atoms with Crippen LogP contribution >= 0.6 is 0 Å². The lowest BCUT2D eigenvalue weighted by atomic mass is 9.49. The third kappa shape index (κ3) is 3.65. The number of carbonyl (C=O) groups excluding carboxylic acids is 2. The predicted octanol–water partition coefficient (Wildman–Crippen LogP) is 3.73. The van der Waals surface area contributed by atoms with Crippen LogP contribution < -0.4 is 15.4 Å². The molecule has 2 amide bonds. The summed E-state index contributed by atoms with van der Waals surface area (Å²) >= 11 is 0. The van der Waals surface area contributed by atoms with Crippen LogP contribution in [-0.4, -0.2) is 34.0 Å². The molecule has 5 saturated carbocycles. The fraction of sp³-hybridized carbons (Fsp3) is 0.682. The number of aryl methyl sites for hydroxylation is 1. The number of rotatable bonds is 4. The molecule has 6 nitrogen and oxygen atoms in total. The van der Waals surface area contributed by atoms with Gasteiger partial charge in [-0.1, -0.05) is 6.07 Å². The SMILES string of the molecule is Cc1cccc(OC(=O)NC23CC4CC(C2)CC(NC(=O)C2CC(F)(F)C2)(C4)C3)n1. The van der Waals surface area contributed by atoms with Gasteiger partial charge in [-0.25, -0.2) is 18.6 Å². The van der Waals surface area contributed by atoms with E-state index in [0.29, 0.717) is 18.3 Å². The van der Waals surface area contributed by atoms with E-state index >= 15 is 0 Å². The lowest BCUT2D eigenvalue weighted by Gasteiger charge is -2.62. The zero-order valence-corrected chi connectivity index (χ0v) is 17.0. The molecule has 0 aliphatic heterocycles. The molecule has 6 rings (SSSR count). The first kappa shape index (κ1) is 19.7. The summed E-state index contributed by atoms with van der Waals surface area (Å²) in [6, 6.07) is 5.25. The number of pyridine rings is 1. The van der Waals surface area contributed by atoms with Crippen LogP contribution in [0.25, 0.3) is 0 Å². The average molecular weight is 419 g/mol. The number of nitrogens with zero attached hydrogens (tertiary/aromatic N) is 1. The van der Waals surface area contributed by atoms with Crippen molar-refractivity contribution in [2.75, 3.05) is 0 Å². The fourth-order valence-corrected chi connectivity index (χ4v) is 6.68. The molecular weight excluding hydrogens is 392 g/mol. The van der Waals surface area contributed by atoms with Crippen LogP contribution in [0.1, 0.15) is 57.1 Å². The van der Waals surface area contributed by atoms with Crippen molar-refractivity contribution in [3.8, 4) is 5.88 Å². The molecule has 5 aliphatic rings. The highest BCUT2D eigenvalue weighted by Crippen LogP contribution is 2.58. The first-order chi connectivity index (χ1) is 14.1. The van der Waals surface area contributed by atoms with Gasteiger partial charge < -0.3 is 15.4 Å². The van der Waals surface area contributed by atoms with Gasteiger partial charge in [0.2, 0.25) is 17.7 Å². The van der Waals surface area contributed by atoms with Gasteiger partial charge in [0.05, 0.1) is 0 Å². The first-order valence-electron chi connectivity index (χ1n) is 10.8. The Morgan fingerprint density at radius 2 is 1.67 bits per heavy atom. The lowest BCUT2D eigenvalue weighted by molar-refractivity contribution is -0.155. The van der Waals surface area contributed by atoms with Gasteiger partial charge in [-0.15, -0.1) is 0 Å². The Bertz CT molecular complexity index is 868. The van der Waals surface area contributed by atoms with Gasteiger partial charge in [0, 0.05) is 41.6 Å². The summed E-state index contributed by atoms with van der Waals surface area (Å²) in [6.45, 7) is 1.83. The van der Waals surface area contributed by atoms with Crippen LogP contribution in [0.4, 0.5) is 13.6 Å². The van der Waals surface area contributed by atoms with Gasteiger partial charge >= 0.3 is 6.09 Å². The topological polar surface area (TPSA) is 80.3 Å². The van der Waals surface area contributed by atoms with E-state index in [1.807, 2.05) is 13.0 Å². The molecule has 2 unspecified atom stereocenters. The third-order valence-electron chi connectivity index (χ3n) is 7.34. The van der Waals surface area contributed by atoms with E-state index in [4.69, 9.17) is 4.74 Å². The van der Waals surface area contributed by atoms with Gasteiger partial charge in [-0.2, -0.15) is 0 Å². The van der Waals surface area contributed by atoms with Gasteiger partial charge in [0.25, 0.3) is 0 Å². The summed E-state index contributed by atoms with van der Waals surface area (Å²) in [6.07, 6.45) is 3.90. The van der Waals surface area contributed by atoms with E-state index < -0.39 is 29.0 Å². The number of ether oxygens (including phenoxy) is 1. The summed E-state index contributed by atoms with van der Waals surface area (Å²) in [5.41, 5.74) is -0.0822. The van der Waals surface area contributed by atoms with E-state index in [2.05, 4.69) is 15.6 Å². The fourth-order valence-electron chi connectivity index (χ4n) is 6.68.